The third kappa shape index (κ3) is 4.93. The zero-order valence-electron chi connectivity index (χ0n) is 15.8. The molecule has 1 heterocycles. The molecule has 0 aliphatic heterocycles. The van der Waals surface area contributed by atoms with Crippen molar-refractivity contribution >= 4 is 29.2 Å². The van der Waals surface area contributed by atoms with E-state index in [1.54, 1.807) is 61.5 Å². The summed E-state index contributed by atoms with van der Waals surface area (Å²) in [6.07, 6.45) is 0. The normalized spacial score (nSPS) is 9.97. The third-order valence-corrected chi connectivity index (χ3v) is 3.92. The van der Waals surface area contributed by atoms with Gasteiger partial charge in [0, 0.05) is 17.1 Å². The van der Waals surface area contributed by atoms with Crippen LogP contribution in [0.5, 0.6) is 0 Å². The van der Waals surface area contributed by atoms with E-state index in [1.165, 1.54) is 7.11 Å². The molecule has 0 fully saturated rings. The second-order valence-electron chi connectivity index (χ2n) is 6.06. The lowest BCUT2D eigenvalue weighted by molar-refractivity contribution is 0.0600. The van der Waals surface area contributed by atoms with Crippen molar-refractivity contribution in [2.24, 2.45) is 0 Å². The van der Waals surface area contributed by atoms with Crippen molar-refractivity contribution in [3.8, 4) is 6.07 Å². The smallest absolute Gasteiger partial charge is 0.337 e. The van der Waals surface area contributed by atoms with E-state index in [4.69, 9.17) is 5.26 Å². The Balaban J connectivity index is 1.75. The van der Waals surface area contributed by atoms with Crippen LogP contribution in [0.15, 0.2) is 54.6 Å². The second-order valence-corrected chi connectivity index (χ2v) is 6.06. The molecule has 0 radical (unpaired) electrons. The molecule has 0 atom stereocenters. The number of aromatic nitrogens is 2. The van der Waals surface area contributed by atoms with E-state index in [9.17, 15) is 9.59 Å². The average Bonchev–Trinajstić information content (AvgIpc) is 2.74. The molecule has 8 nitrogen and oxygen atoms in total. The van der Waals surface area contributed by atoms with Crippen molar-refractivity contribution in [1.82, 2.24) is 9.97 Å². The van der Waals surface area contributed by atoms with Gasteiger partial charge in [-0.05, 0) is 61.5 Å². The molecule has 29 heavy (non-hydrogen) atoms. The quantitative estimate of drug-likeness (QED) is 0.644. The number of benzene rings is 2. The van der Waals surface area contributed by atoms with Gasteiger partial charge in [-0.1, -0.05) is 0 Å². The third-order valence-electron chi connectivity index (χ3n) is 3.92. The number of ether oxygens (including phenoxy) is 1. The van der Waals surface area contributed by atoms with Crippen molar-refractivity contribution in [3.05, 3.63) is 77.1 Å². The van der Waals surface area contributed by atoms with Crippen molar-refractivity contribution in [2.45, 2.75) is 6.92 Å². The first-order valence-corrected chi connectivity index (χ1v) is 8.61. The minimum atomic E-state index is -0.451. The molecule has 3 rings (SSSR count). The predicted molar refractivity (Wildman–Crippen MR) is 107 cm³/mol. The molecule has 0 aliphatic rings. The molecule has 2 N–H and O–H groups in total. The van der Waals surface area contributed by atoms with Gasteiger partial charge in [0.05, 0.1) is 24.3 Å². The van der Waals surface area contributed by atoms with E-state index in [-0.39, 0.29) is 11.6 Å². The SMILES string of the molecule is COC(=O)c1ccc(NC(=O)c2cc(C)nc(Nc3ccc(C#N)cc3)n2)cc1. The number of esters is 1. The van der Waals surface area contributed by atoms with Crippen molar-refractivity contribution in [2.75, 3.05) is 17.7 Å². The lowest BCUT2D eigenvalue weighted by Gasteiger charge is -2.09. The Kier molecular flexibility index (Phi) is 5.80. The number of amides is 1. The van der Waals surface area contributed by atoms with Crippen LogP contribution >= 0.6 is 0 Å². The molecule has 3 aromatic rings. The molecule has 1 aromatic heterocycles. The van der Waals surface area contributed by atoms with Crippen LogP contribution in [0.1, 0.15) is 32.1 Å². The van der Waals surface area contributed by atoms with Crippen LogP contribution in [0.4, 0.5) is 17.3 Å². The first kappa shape index (κ1) is 19.5. The first-order chi connectivity index (χ1) is 14.0. The highest BCUT2D eigenvalue weighted by Crippen LogP contribution is 2.16. The number of nitrogens with one attached hydrogen (secondary N) is 2. The van der Waals surface area contributed by atoms with Crippen LogP contribution < -0.4 is 10.6 Å². The zero-order valence-corrected chi connectivity index (χ0v) is 15.8. The zero-order chi connectivity index (χ0) is 20.8. The van der Waals surface area contributed by atoms with Gasteiger partial charge in [0.2, 0.25) is 5.95 Å². The highest BCUT2D eigenvalue weighted by Gasteiger charge is 2.12. The number of rotatable bonds is 5. The van der Waals surface area contributed by atoms with Crippen LogP contribution in [0.2, 0.25) is 0 Å². The topological polar surface area (TPSA) is 117 Å². The number of methoxy groups -OCH3 is 1. The molecule has 8 heteroatoms. The molecule has 0 saturated carbocycles. The Morgan fingerprint density at radius 3 is 2.28 bits per heavy atom. The highest BCUT2D eigenvalue weighted by atomic mass is 16.5. The summed E-state index contributed by atoms with van der Waals surface area (Å²) < 4.78 is 4.65. The summed E-state index contributed by atoms with van der Waals surface area (Å²) in [5, 5.41) is 14.6. The van der Waals surface area contributed by atoms with E-state index < -0.39 is 11.9 Å². The first-order valence-electron chi connectivity index (χ1n) is 8.61. The number of carbonyl (C=O) groups is 2. The van der Waals surface area contributed by atoms with Gasteiger partial charge in [0.1, 0.15) is 5.69 Å². The van der Waals surface area contributed by atoms with E-state index in [2.05, 4.69) is 25.3 Å². The summed E-state index contributed by atoms with van der Waals surface area (Å²) in [5.74, 6) is -0.599. The predicted octanol–water partition coefficient (Wildman–Crippen LogP) is 3.44. The van der Waals surface area contributed by atoms with E-state index >= 15 is 0 Å². The Morgan fingerprint density at radius 2 is 1.66 bits per heavy atom. The number of anilines is 3. The summed E-state index contributed by atoms with van der Waals surface area (Å²) in [6, 6.07) is 16.8. The van der Waals surface area contributed by atoms with Gasteiger partial charge >= 0.3 is 5.97 Å². The average molecular weight is 387 g/mol. The largest absolute Gasteiger partial charge is 0.465 e. The molecule has 1 amide bonds. The Labute approximate surface area is 167 Å². The molecule has 0 aliphatic carbocycles. The summed E-state index contributed by atoms with van der Waals surface area (Å²) in [6.45, 7) is 1.76. The lowest BCUT2D eigenvalue weighted by atomic mass is 10.2. The molecular formula is C21H17N5O3. The van der Waals surface area contributed by atoms with Gasteiger partial charge in [0.15, 0.2) is 0 Å². The fourth-order valence-corrected chi connectivity index (χ4v) is 2.50. The van der Waals surface area contributed by atoms with Gasteiger partial charge < -0.3 is 15.4 Å². The molecule has 0 spiro atoms. The van der Waals surface area contributed by atoms with Crippen molar-refractivity contribution < 1.29 is 14.3 Å². The maximum Gasteiger partial charge on any atom is 0.337 e. The van der Waals surface area contributed by atoms with Gasteiger partial charge in [-0.3, -0.25) is 4.79 Å². The van der Waals surface area contributed by atoms with E-state index in [0.29, 0.717) is 28.2 Å². The molecule has 0 saturated heterocycles. The van der Waals surface area contributed by atoms with Crippen LogP contribution in [0.3, 0.4) is 0 Å². The lowest BCUT2D eigenvalue weighted by Crippen LogP contribution is -2.15. The number of nitrogens with zero attached hydrogens (tertiary/aromatic N) is 3. The maximum atomic E-state index is 12.6. The monoisotopic (exact) mass is 387 g/mol. The Morgan fingerprint density at radius 1 is 1.00 bits per heavy atom. The van der Waals surface area contributed by atoms with E-state index in [0.717, 1.165) is 0 Å². The fourth-order valence-electron chi connectivity index (χ4n) is 2.50. The molecule has 0 unspecified atom stereocenters. The number of aryl methyl sites for hydroxylation is 1. The van der Waals surface area contributed by atoms with E-state index in [1.807, 2.05) is 6.07 Å². The van der Waals surface area contributed by atoms with Crippen LogP contribution in [0.25, 0.3) is 0 Å². The number of nitriles is 1. The van der Waals surface area contributed by atoms with Gasteiger partial charge in [0.25, 0.3) is 5.91 Å². The van der Waals surface area contributed by atoms with Crippen LogP contribution in [-0.2, 0) is 4.74 Å². The molecular weight excluding hydrogens is 370 g/mol. The summed E-state index contributed by atoms with van der Waals surface area (Å²) in [4.78, 5) is 32.6. The molecule has 144 valence electrons. The van der Waals surface area contributed by atoms with Gasteiger partial charge in [-0.15, -0.1) is 0 Å². The van der Waals surface area contributed by atoms with Crippen LogP contribution in [-0.4, -0.2) is 29.0 Å². The molecule has 0 bridgehead atoms. The van der Waals surface area contributed by atoms with Crippen LogP contribution in [0, 0.1) is 18.3 Å². The second kappa shape index (κ2) is 8.63. The minimum Gasteiger partial charge on any atom is -0.465 e. The maximum absolute atomic E-state index is 12.6. The summed E-state index contributed by atoms with van der Waals surface area (Å²) >= 11 is 0. The summed E-state index contributed by atoms with van der Waals surface area (Å²) in [7, 11) is 1.30. The van der Waals surface area contributed by atoms with Gasteiger partial charge in [-0.2, -0.15) is 5.26 Å². The standard InChI is InChI=1S/C21H17N5O3/c1-13-11-18(19(27)24-16-9-5-15(6-10-16)20(28)29-2)26-21(23-13)25-17-7-3-14(12-22)4-8-17/h3-11H,1-2H3,(H,24,27)(H,23,25,26). The van der Waals surface area contributed by atoms with Gasteiger partial charge in [-0.25, -0.2) is 14.8 Å². The summed E-state index contributed by atoms with van der Waals surface area (Å²) in [5.41, 5.74) is 2.93. The number of carbonyl (C=O) groups excluding carboxylic acids is 2. The Bertz CT molecular complexity index is 1090. The number of hydrogen-bond acceptors (Lipinski definition) is 7. The minimum absolute atomic E-state index is 0.186. The van der Waals surface area contributed by atoms with Crippen molar-refractivity contribution in [1.29, 1.82) is 5.26 Å². The van der Waals surface area contributed by atoms with Crippen molar-refractivity contribution in [3.63, 3.8) is 0 Å². The number of hydrogen-bond donors (Lipinski definition) is 2. The Hall–Kier alpha value is -4.25. The highest BCUT2D eigenvalue weighted by molar-refractivity contribution is 6.03. The molecule has 2 aromatic carbocycles. The fraction of sp³-hybridized carbons (Fsp3) is 0.0952.